The Morgan fingerprint density at radius 2 is 2.56 bits per heavy atom. The lowest BCUT2D eigenvalue weighted by molar-refractivity contribution is 0.270. The lowest BCUT2D eigenvalue weighted by atomic mass is 10.6. The minimum atomic E-state index is 0.713. The van der Waals surface area contributed by atoms with Crippen LogP contribution in [0.3, 0.4) is 0 Å². The van der Waals surface area contributed by atoms with Crippen LogP contribution in [0.25, 0.3) is 0 Å². The van der Waals surface area contributed by atoms with Crippen LogP contribution in [-0.2, 0) is 4.74 Å². The lowest BCUT2D eigenvalue weighted by Gasteiger charge is -2.13. The van der Waals surface area contributed by atoms with Crippen LogP contribution in [0.15, 0.2) is 17.4 Å². The Kier molecular flexibility index (Phi) is 2.13. The minimum Gasteiger partial charge on any atom is -0.481 e. The summed E-state index contributed by atoms with van der Waals surface area (Å²) in [6, 6.07) is 0. The lowest BCUT2D eigenvalue weighted by Crippen LogP contribution is -2.17. The highest BCUT2D eigenvalue weighted by atomic mass is 16.5. The molecular weight excluding hydrogens is 116 g/mol. The van der Waals surface area contributed by atoms with E-state index in [1.54, 1.807) is 6.20 Å². The summed E-state index contributed by atoms with van der Waals surface area (Å²) >= 11 is 0. The van der Waals surface area contributed by atoms with E-state index in [9.17, 15) is 0 Å². The molecule has 0 aromatic rings. The Labute approximate surface area is 54.6 Å². The van der Waals surface area contributed by atoms with Gasteiger partial charge < -0.3 is 9.64 Å². The molecule has 0 aromatic heterocycles. The molecule has 1 aliphatic rings. The van der Waals surface area contributed by atoms with E-state index in [4.69, 9.17) is 4.74 Å². The highest BCUT2D eigenvalue weighted by Gasteiger charge is 1.90. The van der Waals surface area contributed by atoms with Crippen molar-refractivity contribution >= 4 is 6.40 Å². The van der Waals surface area contributed by atoms with E-state index in [0.717, 1.165) is 6.54 Å². The van der Waals surface area contributed by atoms with Gasteiger partial charge in [0.05, 0.1) is 6.54 Å². The fourth-order valence-electron chi connectivity index (χ4n) is 0.554. The summed E-state index contributed by atoms with van der Waals surface area (Å²) < 4.78 is 4.96. The molecule has 0 saturated heterocycles. The number of hydrogen-bond donors (Lipinski definition) is 0. The Morgan fingerprint density at radius 1 is 1.67 bits per heavy atom. The second-order valence-electron chi connectivity index (χ2n) is 1.90. The zero-order chi connectivity index (χ0) is 6.53. The number of hydrogen-bond acceptors (Lipinski definition) is 3. The predicted octanol–water partition coefficient (Wildman–Crippen LogP) is 0.448. The van der Waals surface area contributed by atoms with Crippen LogP contribution in [0.5, 0.6) is 0 Å². The first-order valence-corrected chi connectivity index (χ1v) is 2.90. The Hall–Kier alpha value is -0.990. The molecule has 0 aliphatic carbocycles. The van der Waals surface area contributed by atoms with Crippen LogP contribution in [0.2, 0.25) is 0 Å². The molecule has 50 valence electrons. The second kappa shape index (κ2) is 3.12. The number of aliphatic imine (C=N–C) groups is 1. The Bertz CT molecular complexity index is 131. The van der Waals surface area contributed by atoms with Gasteiger partial charge in [-0.25, -0.2) is 4.99 Å². The molecule has 1 aliphatic heterocycles. The van der Waals surface area contributed by atoms with Crippen molar-refractivity contribution in [2.45, 2.75) is 0 Å². The van der Waals surface area contributed by atoms with Crippen molar-refractivity contribution in [2.24, 2.45) is 4.99 Å². The average molecular weight is 126 g/mol. The third kappa shape index (κ3) is 2.17. The minimum absolute atomic E-state index is 0.713. The predicted molar refractivity (Wildman–Crippen MR) is 36.2 cm³/mol. The summed E-state index contributed by atoms with van der Waals surface area (Å²) in [7, 11) is 1.99. The Balaban J connectivity index is 2.44. The number of likely N-dealkylation sites (N-methyl/N-ethyl adjacent to an activating group) is 1. The number of ether oxygens (including phenoxy) is 1. The van der Waals surface area contributed by atoms with Gasteiger partial charge in [0.15, 0.2) is 6.40 Å². The summed E-state index contributed by atoms with van der Waals surface area (Å²) in [6.07, 6.45) is 5.08. The van der Waals surface area contributed by atoms with Crippen LogP contribution in [0, 0.1) is 0 Å². The van der Waals surface area contributed by atoms with Crippen molar-refractivity contribution in [3.05, 3.63) is 12.4 Å². The molecule has 1 heterocycles. The van der Waals surface area contributed by atoms with Crippen molar-refractivity contribution in [1.82, 2.24) is 4.90 Å². The molecule has 0 amide bonds. The molecule has 0 radical (unpaired) electrons. The van der Waals surface area contributed by atoms with Gasteiger partial charge in [-0.15, -0.1) is 0 Å². The van der Waals surface area contributed by atoms with E-state index in [2.05, 4.69) is 4.99 Å². The van der Waals surface area contributed by atoms with Gasteiger partial charge in [-0.1, -0.05) is 0 Å². The summed E-state index contributed by atoms with van der Waals surface area (Å²) in [6.45, 7) is 1.63. The van der Waals surface area contributed by atoms with Crippen molar-refractivity contribution in [1.29, 1.82) is 0 Å². The SMILES string of the molecule is CN1/C=C/N=COCC1. The molecule has 0 bridgehead atoms. The fraction of sp³-hybridized carbons (Fsp3) is 0.500. The highest BCUT2D eigenvalue weighted by molar-refractivity contribution is 5.47. The molecule has 1 rings (SSSR count). The first-order chi connectivity index (χ1) is 4.39. The molecule has 0 fully saturated rings. The normalized spacial score (nSPS) is 22.1. The van der Waals surface area contributed by atoms with Crippen molar-refractivity contribution < 1.29 is 4.74 Å². The van der Waals surface area contributed by atoms with Gasteiger partial charge in [-0.05, 0) is 0 Å². The average Bonchev–Trinajstić information content (AvgIpc) is 1.79. The first-order valence-electron chi connectivity index (χ1n) is 2.90. The molecule has 3 nitrogen and oxygen atoms in total. The maximum absolute atomic E-state index is 4.96. The summed E-state index contributed by atoms with van der Waals surface area (Å²) in [5, 5.41) is 0. The van der Waals surface area contributed by atoms with E-state index in [-0.39, 0.29) is 0 Å². The highest BCUT2D eigenvalue weighted by Crippen LogP contribution is 1.88. The summed E-state index contributed by atoms with van der Waals surface area (Å²) in [4.78, 5) is 5.84. The molecular formula is C6H10N2O. The molecule has 0 unspecified atom stereocenters. The van der Waals surface area contributed by atoms with E-state index < -0.39 is 0 Å². The molecule has 0 aromatic carbocycles. The van der Waals surface area contributed by atoms with E-state index >= 15 is 0 Å². The van der Waals surface area contributed by atoms with Crippen LogP contribution in [0.1, 0.15) is 0 Å². The van der Waals surface area contributed by atoms with Crippen LogP contribution in [0.4, 0.5) is 0 Å². The first kappa shape index (κ1) is 6.13. The summed E-state index contributed by atoms with van der Waals surface area (Å²) in [5.74, 6) is 0. The number of rotatable bonds is 0. The third-order valence-corrected chi connectivity index (χ3v) is 1.10. The van der Waals surface area contributed by atoms with E-state index in [0.29, 0.717) is 6.61 Å². The van der Waals surface area contributed by atoms with Crippen molar-refractivity contribution in [3.63, 3.8) is 0 Å². The maximum atomic E-state index is 4.96. The van der Waals surface area contributed by atoms with Crippen molar-refractivity contribution in [3.8, 4) is 0 Å². The molecule has 0 spiro atoms. The smallest absolute Gasteiger partial charge is 0.174 e. The van der Waals surface area contributed by atoms with Gasteiger partial charge in [0.2, 0.25) is 0 Å². The van der Waals surface area contributed by atoms with E-state index in [1.807, 2.05) is 18.1 Å². The quantitative estimate of drug-likeness (QED) is 0.470. The number of nitrogens with zero attached hydrogens (tertiary/aromatic N) is 2. The third-order valence-electron chi connectivity index (χ3n) is 1.10. The van der Waals surface area contributed by atoms with E-state index in [1.165, 1.54) is 6.40 Å². The van der Waals surface area contributed by atoms with Crippen LogP contribution >= 0.6 is 0 Å². The van der Waals surface area contributed by atoms with Gasteiger partial charge in [0.25, 0.3) is 0 Å². The van der Waals surface area contributed by atoms with Gasteiger partial charge in [0.1, 0.15) is 6.61 Å². The topological polar surface area (TPSA) is 24.8 Å². The van der Waals surface area contributed by atoms with Gasteiger partial charge >= 0.3 is 0 Å². The molecule has 9 heavy (non-hydrogen) atoms. The van der Waals surface area contributed by atoms with Gasteiger partial charge in [-0.3, -0.25) is 0 Å². The van der Waals surface area contributed by atoms with Crippen LogP contribution < -0.4 is 0 Å². The monoisotopic (exact) mass is 126 g/mol. The zero-order valence-electron chi connectivity index (χ0n) is 5.45. The van der Waals surface area contributed by atoms with Gasteiger partial charge in [0, 0.05) is 19.4 Å². The fourth-order valence-corrected chi connectivity index (χ4v) is 0.554. The zero-order valence-corrected chi connectivity index (χ0v) is 5.45. The maximum Gasteiger partial charge on any atom is 0.174 e. The molecule has 0 saturated carbocycles. The second-order valence-corrected chi connectivity index (χ2v) is 1.90. The van der Waals surface area contributed by atoms with Crippen LogP contribution in [-0.4, -0.2) is 31.5 Å². The Morgan fingerprint density at radius 3 is 3.44 bits per heavy atom. The molecule has 3 heteroatoms. The summed E-state index contributed by atoms with van der Waals surface area (Å²) in [5.41, 5.74) is 0. The van der Waals surface area contributed by atoms with Gasteiger partial charge in [-0.2, -0.15) is 0 Å². The standard InChI is InChI=1S/C6H10N2O/c1-8-3-2-7-6-9-5-4-8/h2-3,6H,4-5H2,1H3/b3-2+,7-6?. The van der Waals surface area contributed by atoms with Crippen molar-refractivity contribution in [2.75, 3.05) is 20.2 Å². The largest absolute Gasteiger partial charge is 0.481 e. The molecule has 0 N–H and O–H groups in total. The molecule has 0 atom stereocenters.